The first-order chi connectivity index (χ1) is 16.7. The number of imide groups is 1. The average Bonchev–Trinajstić information content (AvgIpc) is 3.09. The molecule has 2 amide bonds. The van der Waals surface area contributed by atoms with Crippen LogP contribution in [-0.4, -0.2) is 31.6 Å². The van der Waals surface area contributed by atoms with Gasteiger partial charge in [-0.2, -0.15) is 8.42 Å². The van der Waals surface area contributed by atoms with Gasteiger partial charge in [0.25, 0.3) is 11.1 Å². The zero-order valence-corrected chi connectivity index (χ0v) is 20.5. The first-order valence-corrected chi connectivity index (χ1v) is 12.6. The molecule has 4 rings (SSSR count). The minimum atomic E-state index is -4.08. The summed E-state index contributed by atoms with van der Waals surface area (Å²) in [5.41, 5.74) is 0.913. The molecule has 35 heavy (non-hydrogen) atoms. The van der Waals surface area contributed by atoms with Crippen molar-refractivity contribution in [3.8, 4) is 11.5 Å². The van der Waals surface area contributed by atoms with Gasteiger partial charge in [0.05, 0.1) is 18.6 Å². The highest BCUT2D eigenvalue weighted by atomic mass is 35.5. The molecule has 11 heteroatoms. The molecule has 1 aliphatic rings. The zero-order chi connectivity index (χ0) is 25.2. The number of nitrogens with zero attached hydrogens (tertiary/aromatic N) is 1. The Bertz CT molecular complexity index is 1440. The smallest absolute Gasteiger partial charge is 0.339 e. The number of hydrogen-bond donors (Lipinski definition) is 0. The van der Waals surface area contributed by atoms with Gasteiger partial charge in [0.15, 0.2) is 11.5 Å². The fourth-order valence-corrected chi connectivity index (χ4v) is 5.23. The van der Waals surface area contributed by atoms with E-state index in [0.29, 0.717) is 11.1 Å². The first-order valence-electron chi connectivity index (χ1n) is 10.0. The van der Waals surface area contributed by atoms with Gasteiger partial charge in [0.1, 0.15) is 10.7 Å². The van der Waals surface area contributed by atoms with Crippen LogP contribution in [0.3, 0.4) is 0 Å². The lowest BCUT2D eigenvalue weighted by Crippen LogP contribution is -2.27. The molecule has 1 heterocycles. The van der Waals surface area contributed by atoms with Crippen molar-refractivity contribution in [2.75, 3.05) is 7.11 Å². The number of carbonyl (C=O) groups is 2. The minimum absolute atomic E-state index is 0.0129. The van der Waals surface area contributed by atoms with Crippen LogP contribution in [0.1, 0.15) is 11.1 Å². The lowest BCUT2D eigenvalue weighted by Gasteiger charge is -2.13. The van der Waals surface area contributed by atoms with E-state index in [1.165, 1.54) is 55.7 Å². The van der Waals surface area contributed by atoms with E-state index in [4.69, 9.17) is 20.5 Å². The molecular weight excluding hydrogens is 517 g/mol. The molecule has 180 valence electrons. The van der Waals surface area contributed by atoms with E-state index in [0.717, 1.165) is 22.7 Å². The molecule has 0 atom stereocenters. The largest absolute Gasteiger partial charge is 0.493 e. The SMILES string of the molecule is COc1cc(/C=C2\SC(=O)N(Cc3ccc(F)cc3Cl)C2=O)ccc1OS(=O)(=O)c1ccccc1. The Morgan fingerprint density at radius 3 is 2.46 bits per heavy atom. The molecule has 7 nitrogen and oxygen atoms in total. The highest BCUT2D eigenvalue weighted by molar-refractivity contribution is 8.18. The topological polar surface area (TPSA) is 90.0 Å². The standard InChI is InChI=1S/C24H17ClFNO6S2/c1-32-21-11-15(7-10-20(21)33-35(30,31)18-5-3-2-4-6-18)12-22-23(28)27(24(29)34-22)14-16-8-9-17(26)13-19(16)25/h2-13H,14H2,1H3/b22-12-. The number of amides is 2. The van der Waals surface area contributed by atoms with Crippen molar-refractivity contribution in [1.82, 2.24) is 4.90 Å². The van der Waals surface area contributed by atoms with E-state index >= 15 is 0 Å². The summed E-state index contributed by atoms with van der Waals surface area (Å²) in [4.78, 5) is 26.4. The maximum Gasteiger partial charge on any atom is 0.339 e. The van der Waals surface area contributed by atoms with E-state index in [1.807, 2.05) is 0 Å². The molecule has 0 radical (unpaired) electrons. The predicted octanol–water partition coefficient (Wildman–Crippen LogP) is 5.49. The molecule has 1 saturated heterocycles. The summed E-state index contributed by atoms with van der Waals surface area (Å²) in [7, 11) is -2.73. The van der Waals surface area contributed by atoms with Crippen molar-refractivity contribution >= 4 is 50.7 Å². The van der Waals surface area contributed by atoms with Crippen LogP contribution < -0.4 is 8.92 Å². The summed E-state index contributed by atoms with van der Waals surface area (Å²) in [5, 5.41) is -0.388. The van der Waals surface area contributed by atoms with E-state index in [9.17, 15) is 22.4 Å². The van der Waals surface area contributed by atoms with Crippen molar-refractivity contribution in [2.45, 2.75) is 11.4 Å². The zero-order valence-electron chi connectivity index (χ0n) is 18.1. The minimum Gasteiger partial charge on any atom is -0.493 e. The third kappa shape index (κ3) is 5.50. The molecule has 0 N–H and O–H groups in total. The van der Waals surface area contributed by atoms with Crippen LogP contribution in [0.5, 0.6) is 11.5 Å². The van der Waals surface area contributed by atoms with Gasteiger partial charge in [0.2, 0.25) is 0 Å². The fraction of sp³-hybridized carbons (Fsp3) is 0.0833. The van der Waals surface area contributed by atoms with Crippen molar-refractivity contribution in [3.63, 3.8) is 0 Å². The van der Waals surface area contributed by atoms with Gasteiger partial charge in [-0.3, -0.25) is 14.5 Å². The Balaban J connectivity index is 1.55. The highest BCUT2D eigenvalue weighted by Crippen LogP contribution is 2.36. The van der Waals surface area contributed by atoms with Crippen LogP contribution in [0, 0.1) is 5.82 Å². The van der Waals surface area contributed by atoms with Gasteiger partial charge in [-0.1, -0.05) is 41.9 Å². The molecule has 1 fully saturated rings. The first kappa shape index (κ1) is 24.8. The Labute approximate surface area is 210 Å². The van der Waals surface area contributed by atoms with Crippen molar-refractivity contribution < 1.29 is 31.3 Å². The van der Waals surface area contributed by atoms with Crippen molar-refractivity contribution in [1.29, 1.82) is 0 Å². The van der Waals surface area contributed by atoms with Gasteiger partial charge < -0.3 is 8.92 Å². The lowest BCUT2D eigenvalue weighted by atomic mass is 10.1. The Hall–Kier alpha value is -3.34. The summed E-state index contributed by atoms with van der Waals surface area (Å²) >= 11 is 6.77. The van der Waals surface area contributed by atoms with Crippen LogP contribution in [0.4, 0.5) is 9.18 Å². The van der Waals surface area contributed by atoms with Crippen LogP contribution in [-0.2, 0) is 21.5 Å². The van der Waals surface area contributed by atoms with Crippen LogP contribution in [0.25, 0.3) is 6.08 Å². The number of ether oxygens (including phenoxy) is 1. The molecule has 0 spiro atoms. The second-order valence-electron chi connectivity index (χ2n) is 7.26. The number of methoxy groups -OCH3 is 1. The van der Waals surface area contributed by atoms with Gasteiger partial charge in [0, 0.05) is 5.02 Å². The Morgan fingerprint density at radius 2 is 1.77 bits per heavy atom. The second-order valence-corrected chi connectivity index (χ2v) is 10.2. The molecule has 0 aliphatic carbocycles. The molecular formula is C24H17ClFNO6S2. The molecule has 0 unspecified atom stereocenters. The van der Waals surface area contributed by atoms with E-state index in [-0.39, 0.29) is 32.9 Å². The summed E-state index contributed by atoms with van der Waals surface area (Å²) in [6.07, 6.45) is 1.48. The summed E-state index contributed by atoms with van der Waals surface area (Å²) in [6, 6.07) is 15.8. The third-order valence-electron chi connectivity index (χ3n) is 4.93. The number of benzene rings is 3. The monoisotopic (exact) mass is 533 g/mol. The predicted molar refractivity (Wildman–Crippen MR) is 130 cm³/mol. The highest BCUT2D eigenvalue weighted by Gasteiger charge is 2.35. The van der Waals surface area contributed by atoms with Gasteiger partial charge >= 0.3 is 10.1 Å². The molecule has 0 bridgehead atoms. The molecule has 3 aromatic rings. The van der Waals surface area contributed by atoms with Crippen LogP contribution >= 0.6 is 23.4 Å². The average molecular weight is 534 g/mol. The fourth-order valence-electron chi connectivity index (χ4n) is 3.20. The molecule has 0 aromatic heterocycles. The summed E-state index contributed by atoms with van der Waals surface area (Å²) in [6.45, 7) is -0.103. The summed E-state index contributed by atoms with van der Waals surface area (Å²) < 4.78 is 48.8. The number of thioether (sulfide) groups is 1. The number of rotatable bonds is 7. The number of halogens is 2. The summed E-state index contributed by atoms with van der Waals surface area (Å²) in [5.74, 6) is -0.972. The van der Waals surface area contributed by atoms with Crippen LogP contribution in [0.15, 0.2) is 76.5 Å². The quantitative estimate of drug-likeness (QED) is 0.293. The van der Waals surface area contributed by atoms with Gasteiger partial charge in [-0.25, -0.2) is 4.39 Å². The number of hydrogen-bond acceptors (Lipinski definition) is 7. The Morgan fingerprint density at radius 1 is 1.03 bits per heavy atom. The lowest BCUT2D eigenvalue weighted by molar-refractivity contribution is -0.123. The van der Waals surface area contributed by atoms with E-state index in [1.54, 1.807) is 18.2 Å². The number of carbonyl (C=O) groups excluding carboxylic acids is 2. The Kier molecular flexibility index (Phi) is 7.15. The normalized spacial score (nSPS) is 15.1. The third-order valence-corrected chi connectivity index (χ3v) is 7.44. The van der Waals surface area contributed by atoms with Crippen LogP contribution in [0.2, 0.25) is 5.02 Å². The van der Waals surface area contributed by atoms with E-state index < -0.39 is 27.1 Å². The van der Waals surface area contributed by atoms with Gasteiger partial charge in [-0.05, 0) is 65.4 Å². The maximum absolute atomic E-state index is 13.3. The van der Waals surface area contributed by atoms with Crippen molar-refractivity contribution in [2.24, 2.45) is 0 Å². The second kappa shape index (κ2) is 10.1. The van der Waals surface area contributed by atoms with Gasteiger partial charge in [-0.15, -0.1) is 0 Å². The molecule has 3 aromatic carbocycles. The maximum atomic E-state index is 13.3. The van der Waals surface area contributed by atoms with E-state index in [2.05, 4.69) is 0 Å². The van der Waals surface area contributed by atoms with Crippen molar-refractivity contribution in [3.05, 3.63) is 93.6 Å². The molecule has 0 saturated carbocycles. The molecule has 1 aliphatic heterocycles.